The lowest BCUT2D eigenvalue weighted by molar-refractivity contribution is 0.0519. The average molecular weight is 309 g/mol. The van der Waals surface area contributed by atoms with Gasteiger partial charge in [-0.25, -0.2) is 4.79 Å². The molecule has 22 heavy (non-hydrogen) atoms. The normalized spacial score (nSPS) is 10.8. The molecule has 1 amide bonds. The van der Waals surface area contributed by atoms with E-state index >= 15 is 0 Å². The Labute approximate surface area is 132 Å². The molecule has 0 spiro atoms. The monoisotopic (exact) mass is 309 g/mol. The van der Waals surface area contributed by atoms with Crippen LogP contribution < -0.4 is 5.32 Å². The van der Waals surface area contributed by atoms with Crippen molar-refractivity contribution in [2.24, 2.45) is 0 Å². The second kappa shape index (κ2) is 8.58. The number of hydrogen-bond donors (Lipinski definition) is 2. The minimum Gasteiger partial charge on any atom is -0.461 e. The number of amides is 1. The molecule has 1 aromatic heterocycles. The Balaban J connectivity index is 2.75. The van der Waals surface area contributed by atoms with Gasteiger partial charge in [-0.05, 0) is 39.4 Å². The molecule has 0 saturated heterocycles. The van der Waals surface area contributed by atoms with E-state index in [4.69, 9.17) is 4.74 Å². The molecule has 0 aromatic carbocycles. The summed E-state index contributed by atoms with van der Waals surface area (Å²) in [6, 6.07) is 0. The van der Waals surface area contributed by atoms with E-state index in [0.717, 1.165) is 19.6 Å². The van der Waals surface area contributed by atoms with E-state index in [9.17, 15) is 9.59 Å². The van der Waals surface area contributed by atoms with E-state index in [1.165, 1.54) is 0 Å². The van der Waals surface area contributed by atoms with Crippen molar-refractivity contribution in [3.8, 4) is 0 Å². The van der Waals surface area contributed by atoms with Gasteiger partial charge >= 0.3 is 5.97 Å². The van der Waals surface area contributed by atoms with Gasteiger partial charge in [0.25, 0.3) is 5.91 Å². The molecule has 6 nitrogen and oxygen atoms in total. The van der Waals surface area contributed by atoms with E-state index in [1.54, 1.807) is 20.8 Å². The highest BCUT2D eigenvalue weighted by atomic mass is 16.5. The summed E-state index contributed by atoms with van der Waals surface area (Å²) in [7, 11) is 0. The zero-order valence-corrected chi connectivity index (χ0v) is 14.2. The fraction of sp³-hybridized carbons (Fsp3) is 0.625. The molecular formula is C16H27N3O3. The van der Waals surface area contributed by atoms with Gasteiger partial charge in [0, 0.05) is 18.8 Å². The summed E-state index contributed by atoms with van der Waals surface area (Å²) in [6.07, 6.45) is 0. The summed E-state index contributed by atoms with van der Waals surface area (Å²) in [5, 5.41) is 2.91. The minimum atomic E-state index is -0.426. The number of aryl methyl sites for hydroxylation is 1. The molecule has 6 heteroatoms. The Kier molecular flexibility index (Phi) is 7.11. The number of nitrogens with zero attached hydrogens (tertiary/aromatic N) is 1. The first-order valence-corrected chi connectivity index (χ1v) is 7.82. The summed E-state index contributed by atoms with van der Waals surface area (Å²) in [6.45, 7) is 13.1. The van der Waals surface area contributed by atoms with Gasteiger partial charge in [-0.1, -0.05) is 13.8 Å². The summed E-state index contributed by atoms with van der Waals surface area (Å²) in [5.74, 6) is -0.584. The summed E-state index contributed by atoms with van der Waals surface area (Å²) in [5.41, 5.74) is 2.20. The van der Waals surface area contributed by atoms with Gasteiger partial charge in [-0.3, -0.25) is 4.79 Å². The van der Waals surface area contributed by atoms with Gasteiger partial charge in [0.1, 0.15) is 5.69 Å². The third-order valence-electron chi connectivity index (χ3n) is 3.75. The lowest BCUT2D eigenvalue weighted by Gasteiger charge is -2.18. The van der Waals surface area contributed by atoms with Crippen LogP contribution in [-0.2, 0) is 4.74 Å². The SMILES string of the molecule is CCOC(=O)c1[nH]c(C)c(C(=O)NCCN(CC)CC)c1C. The Bertz CT molecular complexity index is 519. The first-order valence-electron chi connectivity index (χ1n) is 7.82. The quantitative estimate of drug-likeness (QED) is 0.719. The van der Waals surface area contributed by atoms with Crippen LogP contribution >= 0.6 is 0 Å². The zero-order chi connectivity index (χ0) is 16.7. The Morgan fingerprint density at radius 2 is 1.82 bits per heavy atom. The van der Waals surface area contributed by atoms with Crippen LogP contribution in [0.5, 0.6) is 0 Å². The smallest absolute Gasteiger partial charge is 0.355 e. The molecule has 0 aliphatic rings. The van der Waals surface area contributed by atoms with Gasteiger partial charge < -0.3 is 19.9 Å². The van der Waals surface area contributed by atoms with E-state index < -0.39 is 5.97 Å². The number of aromatic amines is 1. The molecule has 2 N–H and O–H groups in total. The third-order valence-corrected chi connectivity index (χ3v) is 3.75. The Morgan fingerprint density at radius 3 is 2.36 bits per heavy atom. The van der Waals surface area contributed by atoms with Crippen LogP contribution in [0.15, 0.2) is 0 Å². The molecule has 0 atom stereocenters. The molecule has 0 aliphatic carbocycles. The number of rotatable bonds is 8. The number of nitrogens with one attached hydrogen (secondary N) is 2. The van der Waals surface area contributed by atoms with Gasteiger partial charge in [0.15, 0.2) is 0 Å². The van der Waals surface area contributed by atoms with Crippen LogP contribution in [0.1, 0.15) is 52.9 Å². The van der Waals surface area contributed by atoms with Crippen molar-refractivity contribution in [1.82, 2.24) is 15.2 Å². The lowest BCUT2D eigenvalue weighted by atomic mass is 10.1. The molecule has 0 radical (unpaired) electrons. The number of ether oxygens (including phenoxy) is 1. The van der Waals surface area contributed by atoms with E-state index in [1.807, 2.05) is 0 Å². The standard InChI is InChI=1S/C16H27N3O3/c1-6-19(7-2)10-9-17-15(20)13-11(4)14(18-12(13)5)16(21)22-8-3/h18H,6-10H2,1-5H3,(H,17,20). The zero-order valence-electron chi connectivity index (χ0n) is 14.2. The molecule has 0 saturated carbocycles. The fourth-order valence-electron chi connectivity index (χ4n) is 2.45. The predicted octanol–water partition coefficient (Wildman–Crippen LogP) is 1.88. The number of esters is 1. The van der Waals surface area contributed by atoms with Crippen LogP contribution in [0.2, 0.25) is 0 Å². The third kappa shape index (κ3) is 4.34. The average Bonchev–Trinajstić information content (AvgIpc) is 2.79. The minimum absolute atomic E-state index is 0.158. The van der Waals surface area contributed by atoms with Gasteiger partial charge in [0.2, 0.25) is 0 Å². The van der Waals surface area contributed by atoms with Gasteiger partial charge in [-0.15, -0.1) is 0 Å². The number of likely N-dealkylation sites (N-methyl/N-ethyl adjacent to an activating group) is 1. The molecule has 1 rings (SSSR count). The molecule has 0 bridgehead atoms. The van der Waals surface area contributed by atoms with Gasteiger partial charge in [0.05, 0.1) is 12.2 Å². The largest absolute Gasteiger partial charge is 0.461 e. The molecule has 1 heterocycles. The van der Waals surface area contributed by atoms with Crippen LogP contribution in [-0.4, -0.2) is 54.5 Å². The van der Waals surface area contributed by atoms with Crippen molar-refractivity contribution in [2.45, 2.75) is 34.6 Å². The Morgan fingerprint density at radius 1 is 1.18 bits per heavy atom. The maximum absolute atomic E-state index is 12.3. The number of hydrogen-bond acceptors (Lipinski definition) is 4. The highest BCUT2D eigenvalue weighted by Gasteiger charge is 2.22. The molecule has 1 aromatic rings. The van der Waals surface area contributed by atoms with Crippen molar-refractivity contribution in [2.75, 3.05) is 32.8 Å². The first kappa shape index (κ1) is 18.2. The topological polar surface area (TPSA) is 74.4 Å². The number of carbonyl (C=O) groups is 2. The maximum Gasteiger partial charge on any atom is 0.355 e. The van der Waals surface area contributed by atoms with Crippen molar-refractivity contribution < 1.29 is 14.3 Å². The molecule has 0 unspecified atom stereocenters. The van der Waals surface area contributed by atoms with Gasteiger partial charge in [-0.2, -0.15) is 0 Å². The lowest BCUT2D eigenvalue weighted by Crippen LogP contribution is -2.35. The van der Waals surface area contributed by atoms with E-state index in [0.29, 0.717) is 35.7 Å². The fourth-order valence-corrected chi connectivity index (χ4v) is 2.45. The number of aromatic nitrogens is 1. The second-order valence-corrected chi connectivity index (χ2v) is 5.13. The Hall–Kier alpha value is -1.82. The van der Waals surface area contributed by atoms with Crippen molar-refractivity contribution in [3.63, 3.8) is 0 Å². The van der Waals surface area contributed by atoms with Crippen molar-refractivity contribution in [3.05, 3.63) is 22.5 Å². The van der Waals surface area contributed by atoms with Crippen molar-refractivity contribution >= 4 is 11.9 Å². The second-order valence-electron chi connectivity index (χ2n) is 5.13. The van der Waals surface area contributed by atoms with Crippen LogP contribution in [0.4, 0.5) is 0 Å². The summed E-state index contributed by atoms with van der Waals surface area (Å²) in [4.78, 5) is 29.4. The van der Waals surface area contributed by atoms with Crippen LogP contribution in [0.25, 0.3) is 0 Å². The van der Waals surface area contributed by atoms with E-state index in [-0.39, 0.29) is 5.91 Å². The summed E-state index contributed by atoms with van der Waals surface area (Å²) >= 11 is 0. The molecular weight excluding hydrogens is 282 g/mol. The molecule has 0 aliphatic heterocycles. The highest BCUT2D eigenvalue weighted by Crippen LogP contribution is 2.18. The predicted molar refractivity (Wildman–Crippen MR) is 86.3 cm³/mol. The van der Waals surface area contributed by atoms with Crippen molar-refractivity contribution in [1.29, 1.82) is 0 Å². The number of carbonyl (C=O) groups excluding carboxylic acids is 2. The summed E-state index contributed by atoms with van der Waals surface area (Å²) < 4.78 is 4.99. The van der Waals surface area contributed by atoms with Crippen LogP contribution in [0.3, 0.4) is 0 Å². The highest BCUT2D eigenvalue weighted by molar-refractivity contribution is 6.01. The van der Waals surface area contributed by atoms with E-state index in [2.05, 4.69) is 29.0 Å². The first-order chi connectivity index (χ1) is 10.5. The molecule has 124 valence electrons. The number of H-pyrrole nitrogens is 1. The molecule has 0 fully saturated rings. The van der Waals surface area contributed by atoms with Crippen LogP contribution in [0, 0.1) is 13.8 Å². The maximum atomic E-state index is 12.3.